The van der Waals surface area contributed by atoms with E-state index in [1.165, 1.54) is 10.9 Å². The Morgan fingerprint density at radius 1 is 1.08 bits per heavy atom. The predicted octanol–water partition coefficient (Wildman–Crippen LogP) is 3.84. The minimum absolute atomic E-state index is 0.963. The van der Waals surface area contributed by atoms with Crippen molar-refractivity contribution in [1.29, 1.82) is 0 Å². The number of halogens is 1. The summed E-state index contributed by atoms with van der Waals surface area (Å²) >= 11 is 6.11. The zero-order valence-corrected chi connectivity index (χ0v) is 8.86. The Labute approximate surface area is 78.6 Å². The first-order valence-electron chi connectivity index (χ1n) is 3.94. The van der Waals surface area contributed by atoms with Crippen molar-refractivity contribution in [3.63, 3.8) is 0 Å². The molecule has 0 radical (unpaired) electrons. The molecule has 2 heteroatoms. The van der Waals surface area contributed by atoms with Crippen molar-refractivity contribution >= 4 is 24.2 Å². The van der Waals surface area contributed by atoms with Gasteiger partial charge in [0.15, 0.2) is 5.31 Å². The average molecular weight is 198 g/mol. The largest absolute Gasteiger partial charge is 0.207 e. The third-order valence-electron chi connectivity index (χ3n) is 2.24. The third kappa shape index (κ3) is 1.11. The molecule has 1 heterocycles. The summed E-state index contributed by atoms with van der Waals surface area (Å²) in [5.74, 6) is 0. The van der Waals surface area contributed by atoms with Crippen LogP contribution in [0.4, 0.5) is 0 Å². The fourth-order valence-electron chi connectivity index (χ4n) is 1.40. The predicted molar refractivity (Wildman–Crippen MR) is 58.0 cm³/mol. The molecule has 2 rings (SSSR count). The smallest absolute Gasteiger partial charge is 0.0622 e. The van der Waals surface area contributed by atoms with Gasteiger partial charge >= 0.3 is 0 Å². The van der Waals surface area contributed by atoms with E-state index in [-0.39, 0.29) is 0 Å². The van der Waals surface area contributed by atoms with Crippen molar-refractivity contribution in [2.24, 2.45) is 0 Å². The van der Waals surface area contributed by atoms with Gasteiger partial charge in [-0.2, -0.15) is 0 Å². The second-order valence-electron chi connectivity index (χ2n) is 3.46. The van der Waals surface area contributed by atoms with Gasteiger partial charge in [0.05, 0.1) is 20.6 Å². The van der Waals surface area contributed by atoms with Gasteiger partial charge in [-0.1, -0.05) is 30.3 Å². The minimum atomic E-state index is -0.963. The van der Waals surface area contributed by atoms with Crippen molar-refractivity contribution < 1.29 is 0 Å². The van der Waals surface area contributed by atoms with Gasteiger partial charge in [0.25, 0.3) is 0 Å². The van der Waals surface area contributed by atoms with Crippen LogP contribution in [0.15, 0.2) is 35.1 Å². The molecule has 12 heavy (non-hydrogen) atoms. The summed E-state index contributed by atoms with van der Waals surface area (Å²) in [6, 6.07) is 10.4. The number of hydrogen-bond acceptors (Lipinski definition) is 0. The molecule has 0 N–H and O–H groups in total. The average Bonchev–Trinajstić information content (AvgIpc) is 2.53. The maximum absolute atomic E-state index is 6.11. The van der Waals surface area contributed by atoms with E-state index in [1.807, 2.05) is 6.07 Å². The molecule has 1 aliphatic heterocycles. The molecule has 1 aromatic carbocycles. The highest BCUT2D eigenvalue weighted by Crippen LogP contribution is 2.86. The van der Waals surface area contributed by atoms with Gasteiger partial charge in [0.1, 0.15) is 0 Å². The van der Waals surface area contributed by atoms with E-state index in [2.05, 4.69) is 37.6 Å². The second kappa shape index (κ2) is 2.58. The van der Waals surface area contributed by atoms with Crippen LogP contribution in [0.3, 0.4) is 0 Å². The van der Waals surface area contributed by atoms with Crippen molar-refractivity contribution in [1.82, 2.24) is 0 Å². The second-order valence-corrected chi connectivity index (χ2v) is 7.90. The Bertz CT molecular complexity index is 338. The van der Waals surface area contributed by atoms with Crippen LogP contribution in [0, 0.1) is 0 Å². The van der Waals surface area contributed by atoms with Gasteiger partial charge in [0.2, 0.25) is 4.77 Å². The highest BCUT2D eigenvalue weighted by Gasteiger charge is 2.56. The van der Waals surface area contributed by atoms with E-state index in [0.29, 0.717) is 0 Å². The van der Waals surface area contributed by atoms with Crippen molar-refractivity contribution in [2.45, 2.75) is 0 Å². The van der Waals surface area contributed by atoms with Gasteiger partial charge in [-0.25, -0.2) is 0 Å². The lowest BCUT2D eigenvalue weighted by molar-refractivity contribution is 1.66. The molecule has 0 spiro atoms. The molecule has 0 atom stereocenters. The Hall–Kier alpha value is -0.320. The highest BCUT2D eigenvalue weighted by atomic mass is 35.5. The quantitative estimate of drug-likeness (QED) is 0.600. The molecule has 62 valence electrons. The van der Waals surface area contributed by atoms with Crippen LogP contribution in [-0.4, -0.2) is 13.3 Å². The van der Waals surface area contributed by atoms with E-state index >= 15 is 0 Å². The molecule has 0 nitrogen and oxygen atoms in total. The number of hydrogen-bond donors (Lipinski definition) is 0. The van der Waals surface area contributed by atoms with Crippen LogP contribution < -0.4 is 0 Å². The van der Waals surface area contributed by atoms with Crippen LogP contribution in [-0.2, 0) is 0 Å². The van der Waals surface area contributed by atoms with E-state index < -0.39 is 7.26 Å². The number of benzene rings is 1. The summed E-state index contributed by atoms with van der Waals surface area (Å²) in [5, 5.41) is 1.41. The van der Waals surface area contributed by atoms with Gasteiger partial charge in [-0.3, -0.25) is 0 Å². The highest BCUT2D eigenvalue weighted by molar-refractivity contribution is 7.97. The summed E-state index contributed by atoms with van der Waals surface area (Å²) in [7, 11) is -0.963. The SMILES string of the molecule is C[P+]1(C)C(Cl)=C1c1ccccc1. The van der Waals surface area contributed by atoms with Crippen molar-refractivity contribution in [2.75, 3.05) is 13.3 Å². The first-order valence-corrected chi connectivity index (χ1v) is 7.00. The number of rotatable bonds is 1. The fraction of sp³-hybridized carbons (Fsp3) is 0.200. The van der Waals surface area contributed by atoms with E-state index in [9.17, 15) is 0 Å². The normalized spacial score (nSPS) is 19.6. The first-order chi connectivity index (χ1) is 5.64. The molecule has 0 amide bonds. The van der Waals surface area contributed by atoms with Gasteiger partial charge < -0.3 is 0 Å². The van der Waals surface area contributed by atoms with Gasteiger partial charge in [0, 0.05) is 5.56 Å². The molecule has 0 bridgehead atoms. The standard InChI is InChI=1S/C10H11ClP/c1-12(2)9(10(12)11)8-6-4-3-5-7-8/h3-7H,1-2H3/q+1. The molecule has 0 aromatic heterocycles. The Morgan fingerprint density at radius 2 is 1.58 bits per heavy atom. The Balaban J connectivity index is 2.37. The summed E-state index contributed by atoms with van der Waals surface area (Å²) in [6.07, 6.45) is 0. The van der Waals surface area contributed by atoms with Gasteiger partial charge in [-0.05, 0) is 11.6 Å². The lowest BCUT2D eigenvalue weighted by Gasteiger charge is -1.94. The summed E-state index contributed by atoms with van der Waals surface area (Å²) in [4.78, 5) is 0. The first kappa shape index (κ1) is 8.29. The van der Waals surface area contributed by atoms with E-state index in [0.717, 1.165) is 4.77 Å². The van der Waals surface area contributed by atoms with Crippen LogP contribution >= 0.6 is 18.9 Å². The van der Waals surface area contributed by atoms with Gasteiger partial charge in [-0.15, -0.1) is 0 Å². The Morgan fingerprint density at radius 3 is 2.00 bits per heavy atom. The van der Waals surface area contributed by atoms with E-state index in [1.54, 1.807) is 0 Å². The van der Waals surface area contributed by atoms with Crippen molar-refractivity contribution in [3.05, 3.63) is 40.7 Å². The lowest BCUT2D eigenvalue weighted by atomic mass is 10.2. The zero-order chi connectivity index (χ0) is 8.77. The van der Waals surface area contributed by atoms with Crippen LogP contribution in [0.2, 0.25) is 0 Å². The molecule has 0 saturated heterocycles. The maximum Gasteiger partial charge on any atom is 0.207 e. The van der Waals surface area contributed by atoms with Crippen LogP contribution in [0.5, 0.6) is 0 Å². The summed E-state index contributed by atoms with van der Waals surface area (Å²) in [5.41, 5.74) is 1.31. The maximum atomic E-state index is 6.11. The minimum Gasteiger partial charge on any atom is -0.0622 e. The molecule has 1 aromatic rings. The molecule has 0 saturated carbocycles. The summed E-state index contributed by atoms with van der Waals surface area (Å²) in [6.45, 7) is 4.52. The molecule has 0 aliphatic carbocycles. The molecular formula is C10H11ClP+. The third-order valence-corrected chi connectivity index (χ3v) is 6.41. The molecule has 0 unspecified atom stereocenters. The molecular weight excluding hydrogens is 187 g/mol. The molecule has 1 aliphatic rings. The van der Waals surface area contributed by atoms with Crippen LogP contribution in [0.25, 0.3) is 5.31 Å². The molecule has 0 fully saturated rings. The zero-order valence-electron chi connectivity index (χ0n) is 7.21. The van der Waals surface area contributed by atoms with Crippen molar-refractivity contribution in [3.8, 4) is 0 Å². The topological polar surface area (TPSA) is 0 Å². The Kier molecular flexibility index (Phi) is 1.78. The monoisotopic (exact) mass is 197 g/mol. The fourth-order valence-corrected chi connectivity index (χ4v) is 4.53. The van der Waals surface area contributed by atoms with E-state index in [4.69, 9.17) is 11.6 Å². The summed E-state index contributed by atoms with van der Waals surface area (Å²) < 4.78 is 1.12. The lowest BCUT2D eigenvalue weighted by Crippen LogP contribution is -1.72. The van der Waals surface area contributed by atoms with Crippen LogP contribution in [0.1, 0.15) is 5.56 Å².